The maximum absolute atomic E-state index is 12.4. The number of anilines is 1. The summed E-state index contributed by atoms with van der Waals surface area (Å²) in [5.74, 6) is -0.281. The minimum Gasteiger partial charge on any atom is -0.392 e. The minimum absolute atomic E-state index is 0. The van der Waals surface area contributed by atoms with Crippen molar-refractivity contribution in [2.24, 2.45) is 0 Å². The van der Waals surface area contributed by atoms with Crippen LogP contribution >= 0.6 is 12.4 Å². The molecule has 2 aliphatic rings. The Bertz CT molecular complexity index is 578. The van der Waals surface area contributed by atoms with Crippen LogP contribution in [0.15, 0.2) is 24.3 Å². The summed E-state index contributed by atoms with van der Waals surface area (Å²) in [6.45, 7) is 3.03. The van der Waals surface area contributed by atoms with E-state index in [1.54, 1.807) is 4.90 Å². The fourth-order valence-electron chi connectivity index (χ4n) is 2.98. The highest BCUT2D eigenvalue weighted by Gasteiger charge is 2.36. The van der Waals surface area contributed by atoms with Crippen LogP contribution in [0.2, 0.25) is 0 Å². The number of benzene rings is 1. The number of aryl methyl sites for hydroxylation is 1. The SMILES string of the molecule is Cc1ccc(N2CCC(NC(=O)C3CC(O)CN3)C2=O)cc1.Cl. The molecule has 3 N–H and O–H groups in total. The molecule has 126 valence electrons. The van der Waals surface area contributed by atoms with Crippen LogP contribution in [0.25, 0.3) is 0 Å². The third kappa shape index (κ3) is 3.83. The Kier molecular flexibility index (Phi) is 5.62. The number of β-amino-alcohol motifs (C(OH)–C–C–N with tert-alkyl or cyclic N) is 1. The fraction of sp³-hybridized carbons (Fsp3) is 0.500. The number of nitrogens with one attached hydrogen (secondary N) is 2. The van der Waals surface area contributed by atoms with Crippen molar-refractivity contribution in [3.63, 3.8) is 0 Å². The molecule has 7 heteroatoms. The zero-order valence-electron chi connectivity index (χ0n) is 13.0. The van der Waals surface area contributed by atoms with E-state index in [9.17, 15) is 14.7 Å². The molecule has 0 aromatic heterocycles. The Morgan fingerprint density at radius 3 is 2.65 bits per heavy atom. The smallest absolute Gasteiger partial charge is 0.249 e. The van der Waals surface area contributed by atoms with Gasteiger partial charge in [0.1, 0.15) is 6.04 Å². The average Bonchev–Trinajstić information content (AvgIpc) is 3.08. The maximum Gasteiger partial charge on any atom is 0.249 e. The van der Waals surface area contributed by atoms with Gasteiger partial charge in [0.15, 0.2) is 0 Å². The van der Waals surface area contributed by atoms with Gasteiger partial charge in [-0.25, -0.2) is 0 Å². The molecule has 6 nitrogen and oxygen atoms in total. The summed E-state index contributed by atoms with van der Waals surface area (Å²) in [6.07, 6.45) is 0.515. The molecule has 2 saturated heterocycles. The van der Waals surface area contributed by atoms with Gasteiger partial charge in [0.05, 0.1) is 12.1 Å². The van der Waals surface area contributed by atoms with E-state index in [-0.39, 0.29) is 24.2 Å². The van der Waals surface area contributed by atoms with Gasteiger partial charge in [-0.15, -0.1) is 12.4 Å². The van der Waals surface area contributed by atoms with Gasteiger partial charge in [0, 0.05) is 18.8 Å². The number of carbonyl (C=O) groups is 2. The summed E-state index contributed by atoms with van der Waals surface area (Å²) in [7, 11) is 0. The highest BCUT2D eigenvalue weighted by molar-refractivity contribution is 6.01. The third-order valence-electron chi connectivity index (χ3n) is 4.29. The van der Waals surface area contributed by atoms with E-state index in [1.807, 2.05) is 31.2 Å². The topological polar surface area (TPSA) is 81.7 Å². The molecule has 1 aromatic rings. The zero-order chi connectivity index (χ0) is 15.7. The van der Waals surface area contributed by atoms with Gasteiger partial charge in [0.25, 0.3) is 0 Å². The number of amides is 2. The molecule has 2 fully saturated rings. The third-order valence-corrected chi connectivity index (χ3v) is 4.29. The predicted molar refractivity (Wildman–Crippen MR) is 89.7 cm³/mol. The highest BCUT2D eigenvalue weighted by atomic mass is 35.5. The van der Waals surface area contributed by atoms with Crippen molar-refractivity contribution in [3.8, 4) is 0 Å². The van der Waals surface area contributed by atoms with Crippen LogP contribution in [-0.2, 0) is 9.59 Å². The number of nitrogens with zero attached hydrogens (tertiary/aromatic N) is 1. The summed E-state index contributed by atoms with van der Waals surface area (Å²) in [4.78, 5) is 26.3. The molecule has 3 atom stereocenters. The highest BCUT2D eigenvalue weighted by Crippen LogP contribution is 2.22. The maximum atomic E-state index is 12.4. The molecular formula is C16H22ClN3O3. The molecular weight excluding hydrogens is 318 g/mol. The Morgan fingerprint density at radius 2 is 2.04 bits per heavy atom. The molecule has 1 aromatic carbocycles. The Balaban J connectivity index is 0.00000192. The van der Waals surface area contributed by atoms with Crippen LogP contribution in [0.1, 0.15) is 18.4 Å². The number of hydrogen-bond acceptors (Lipinski definition) is 4. The lowest BCUT2D eigenvalue weighted by molar-refractivity contribution is -0.127. The second-order valence-corrected chi connectivity index (χ2v) is 6.03. The molecule has 0 saturated carbocycles. The van der Waals surface area contributed by atoms with Crippen molar-refractivity contribution < 1.29 is 14.7 Å². The molecule has 2 heterocycles. The minimum atomic E-state index is -0.487. The first kappa shape index (κ1) is 17.7. The number of rotatable bonds is 3. The molecule has 0 radical (unpaired) electrons. The van der Waals surface area contributed by atoms with Crippen molar-refractivity contribution in [2.45, 2.75) is 38.0 Å². The van der Waals surface area contributed by atoms with Gasteiger partial charge < -0.3 is 20.6 Å². The van der Waals surface area contributed by atoms with E-state index in [2.05, 4.69) is 10.6 Å². The van der Waals surface area contributed by atoms with E-state index in [0.29, 0.717) is 25.9 Å². The van der Waals surface area contributed by atoms with E-state index in [4.69, 9.17) is 0 Å². The predicted octanol–water partition coefficient (Wildman–Crippen LogP) is 0.361. The monoisotopic (exact) mass is 339 g/mol. The summed E-state index contributed by atoms with van der Waals surface area (Å²) in [5.41, 5.74) is 2.01. The van der Waals surface area contributed by atoms with Crippen LogP contribution in [0.4, 0.5) is 5.69 Å². The molecule has 23 heavy (non-hydrogen) atoms. The first-order valence-electron chi connectivity index (χ1n) is 7.64. The van der Waals surface area contributed by atoms with Crippen molar-refractivity contribution in [1.82, 2.24) is 10.6 Å². The van der Waals surface area contributed by atoms with Gasteiger partial charge in [-0.05, 0) is 31.9 Å². The molecule has 2 aliphatic heterocycles. The van der Waals surface area contributed by atoms with Crippen molar-refractivity contribution in [3.05, 3.63) is 29.8 Å². The van der Waals surface area contributed by atoms with Gasteiger partial charge in [0.2, 0.25) is 11.8 Å². The molecule has 2 amide bonds. The Morgan fingerprint density at radius 1 is 1.35 bits per heavy atom. The van der Waals surface area contributed by atoms with Crippen molar-refractivity contribution >= 4 is 29.9 Å². The van der Waals surface area contributed by atoms with Crippen LogP contribution in [0.3, 0.4) is 0 Å². The number of carbonyl (C=O) groups excluding carboxylic acids is 2. The number of halogens is 1. The lowest BCUT2D eigenvalue weighted by atomic mass is 10.1. The fourth-order valence-corrected chi connectivity index (χ4v) is 2.98. The standard InChI is InChI=1S/C16H21N3O3.ClH/c1-10-2-4-11(5-3-10)19-7-6-13(16(19)22)18-15(21)14-8-12(20)9-17-14;/h2-5,12-14,17,20H,6-9H2,1H3,(H,18,21);1H. The van der Waals surface area contributed by atoms with Crippen molar-refractivity contribution in [1.29, 1.82) is 0 Å². The van der Waals surface area contributed by atoms with E-state index in [1.165, 1.54) is 0 Å². The number of aliphatic hydroxyl groups excluding tert-OH is 1. The van der Waals surface area contributed by atoms with Gasteiger partial charge in [-0.3, -0.25) is 9.59 Å². The lowest BCUT2D eigenvalue weighted by Gasteiger charge is -2.18. The average molecular weight is 340 g/mol. The van der Waals surface area contributed by atoms with E-state index in [0.717, 1.165) is 11.3 Å². The first-order valence-corrected chi connectivity index (χ1v) is 7.64. The largest absolute Gasteiger partial charge is 0.392 e. The van der Waals surface area contributed by atoms with Gasteiger partial charge in [-0.1, -0.05) is 17.7 Å². The summed E-state index contributed by atoms with van der Waals surface area (Å²) in [6, 6.07) is 6.90. The van der Waals surface area contributed by atoms with Crippen LogP contribution in [-0.4, -0.2) is 48.2 Å². The van der Waals surface area contributed by atoms with Gasteiger partial charge in [-0.2, -0.15) is 0 Å². The number of hydrogen-bond donors (Lipinski definition) is 3. The van der Waals surface area contributed by atoms with Crippen LogP contribution in [0.5, 0.6) is 0 Å². The van der Waals surface area contributed by atoms with E-state index < -0.39 is 18.2 Å². The second-order valence-electron chi connectivity index (χ2n) is 6.03. The second kappa shape index (κ2) is 7.29. The molecule has 3 rings (SSSR count). The normalized spacial score (nSPS) is 27.0. The molecule has 0 spiro atoms. The molecule has 3 unspecified atom stereocenters. The molecule has 0 aliphatic carbocycles. The Hall–Kier alpha value is -1.63. The summed E-state index contributed by atoms with van der Waals surface area (Å²) >= 11 is 0. The zero-order valence-corrected chi connectivity index (χ0v) is 13.8. The summed E-state index contributed by atoms with van der Waals surface area (Å²) in [5, 5.41) is 15.2. The van der Waals surface area contributed by atoms with Gasteiger partial charge >= 0.3 is 0 Å². The Labute approximate surface area is 141 Å². The first-order chi connectivity index (χ1) is 10.5. The molecule has 0 bridgehead atoms. The van der Waals surface area contributed by atoms with Crippen LogP contribution in [0, 0.1) is 6.92 Å². The van der Waals surface area contributed by atoms with Crippen LogP contribution < -0.4 is 15.5 Å². The lowest BCUT2D eigenvalue weighted by Crippen LogP contribution is -2.48. The quantitative estimate of drug-likeness (QED) is 0.743. The summed E-state index contributed by atoms with van der Waals surface area (Å²) < 4.78 is 0. The van der Waals surface area contributed by atoms with Crippen molar-refractivity contribution in [2.75, 3.05) is 18.0 Å². The number of aliphatic hydroxyl groups is 1. The van der Waals surface area contributed by atoms with E-state index >= 15 is 0 Å².